The van der Waals surface area contributed by atoms with Gasteiger partial charge in [-0.1, -0.05) is 29.3 Å². The van der Waals surface area contributed by atoms with Gasteiger partial charge in [-0.05, 0) is 37.6 Å². The molecule has 1 heterocycles. The van der Waals surface area contributed by atoms with Crippen molar-refractivity contribution in [3.63, 3.8) is 0 Å². The van der Waals surface area contributed by atoms with Crippen LogP contribution in [-0.4, -0.2) is 20.4 Å². The Morgan fingerprint density at radius 3 is 2.45 bits per heavy atom. The van der Waals surface area contributed by atoms with Gasteiger partial charge in [-0.3, -0.25) is 4.31 Å². The van der Waals surface area contributed by atoms with Crippen molar-refractivity contribution in [2.75, 3.05) is 11.4 Å². The van der Waals surface area contributed by atoms with Crippen LogP contribution in [0, 0.1) is 13.8 Å². The van der Waals surface area contributed by atoms with Gasteiger partial charge in [0.2, 0.25) is 0 Å². The van der Waals surface area contributed by atoms with Crippen molar-refractivity contribution in [1.29, 1.82) is 0 Å². The van der Waals surface area contributed by atoms with E-state index in [1.54, 1.807) is 6.07 Å². The lowest BCUT2D eigenvalue weighted by atomic mass is 10.1. The van der Waals surface area contributed by atoms with Gasteiger partial charge in [0.1, 0.15) is 5.15 Å². The normalized spacial score (nSPS) is 11.4. The molecule has 0 amide bonds. The van der Waals surface area contributed by atoms with Crippen molar-refractivity contribution in [2.24, 2.45) is 0 Å². The number of sulfonamides is 1. The number of pyridine rings is 1. The van der Waals surface area contributed by atoms with Crippen LogP contribution in [0.3, 0.4) is 0 Å². The van der Waals surface area contributed by atoms with E-state index in [9.17, 15) is 8.42 Å². The Morgan fingerprint density at radius 2 is 1.85 bits per heavy atom. The second-order valence-electron chi connectivity index (χ2n) is 4.58. The third-order valence-electron chi connectivity index (χ3n) is 3.05. The van der Waals surface area contributed by atoms with Crippen LogP contribution in [0.25, 0.3) is 0 Å². The first-order valence-electron chi connectivity index (χ1n) is 6.00. The van der Waals surface area contributed by atoms with Crippen molar-refractivity contribution < 1.29 is 8.42 Å². The monoisotopic (exact) mass is 310 g/mol. The molecule has 0 atom stereocenters. The molecule has 0 aliphatic carbocycles. The van der Waals surface area contributed by atoms with Crippen LogP contribution < -0.4 is 4.31 Å². The number of hydrogen-bond acceptors (Lipinski definition) is 3. The highest BCUT2D eigenvalue weighted by Crippen LogP contribution is 2.26. The molecule has 1 aromatic heterocycles. The molecular weight excluding hydrogens is 296 g/mol. The minimum absolute atomic E-state index is 0.125. The summed E-state index contributed by atoms with van der Waals surface area (Å²) in [7, 11) is -2.11. The zero-order valence-electron chi connectivity index (χ0n) is 11.5. The molecule has 20 heavy (non-hydrogen) atoms. The summed E-state index contributed by atoms with van der Waals surface area (Å²) >= 11 is 5.76. The Bertz CT molecular complexity index is 745. The smallest absolute Gasteiger partial charge is 0.264 e. The van der Waals surface area contributed by atoms with Gasteiger partial charge < -0.3 is 0 Å². The highest BCUT2D eigenvalue weighted by molar-refractivity contribution is 7.92. The van der Waals surface area contributed by atoms with Gasteiger partial charge in [0.15, 0.2) is 0 Å². The highest BCUT2D eigenvalue weighted by atomic mass is 35.5. The molecule has 2 aromatic rings. The first-order valence-corrected chi connectivity index (χ1v) is 7.82. The molecule has 0 radical (unpaired) electrons. The number of aromatic nitrogens is 1. The summed E-state index contributed by atoms with van der Waals surface area (Å²) in [6, 6.07) is 8.40. The number of anilines is 1. The van der Waals surface area contributed by atoms with Gasteiger partial charge in [0.25, 0.3) is 10.0 Å². The molecule has 0 fully saturated rings. The number of hydrogen-bond donors (Lipinski definition) is 0. The number of benzene rings is 1. The maximum absolute atomic E-state index is 12.6. The van der Waals surface area contributed by atoms with Crippen LogP contribution >= 0.6 is 11.6 Å². The third-order valence-corrected chi connectivity index (χ3v) is 5.02. The SMILES string of the molecule is Cc1ccc(N(C)S(=O)(=O)c2ccnc(Cl)c2)c(C)c1. The fraction of sp³-hybridized carbons (Fsp3) is 0.214. The lowest BCUT2D eigenvalue weighted by Crippen LogP contribution is -2.27. The molecule has 0 saturated carbocycles. The van der Waals surface area contributed by atoms with Crippen molar-refractivity contribution in [1.82, 2.24) is 4.98 Å². The van der Waals surface area contributed by atoms with Crippen molar-refractivity contribution in [3.05, 3.63) is 52.8 Å². The Balaban J connectivity index is 2.49. The number of halogens is 1. The van der Waals surface area contributed by atoms with Crippen molar-refractivity contribution >= 4 is 27.3 Å². The van der Waals surface area contributed by atoms with Crippen LogP contribution in [-0.2, 0) is 10.0 Å². The molecule has 4 nitrogen and oxygen atoms in total. The van der Waals surface area contributed by atoms with E-state index >= 15 is 0 Å². The molecule has 0 spiro atoms. The molecule has 0 unspecified atom stereocenters. The molecule has 1 aromatic carbocycles. The summed E-state index contributed by atoms with van der Waals surface area (Å²) in [5.41, 5.74) is 2.63. The quantitative estimate of drug-likeness (QED) is 0.818. The largest absolute Gasteiger partial charge is 0.269 e. The molecule has 106 valence electrons. The molecule has 0 N–H and O–H groups in total. The van der Waals surface area contributed by atoms with Crippen molar-refractivity contribution in [2.45, 2.75) is 18.7 Å². The van der Waals surface area contributed by atoms with Gasteiger partial charge >= 0.3 is 0 Å². The molecule has 0 aliphatic rings. The van der Waals surface area contributed by atoms with Gasteiger partial charge in [0, 0.05) is 13.2 Å². The Hall–Kier alpha value is -1.59. The van der Waals surface area contributed by atoms with Gasteiger partial charge in [0.05, 0.1) is 10.6 Å². The standard InChI is InChI=1S/C14H15ClN2O2S/c1-10-4-5-13(11(2)8-10)17(3)20(18,19)12-6-7-16-14(15)9-12/h4-9H,1-3H3. The Kier molecular flexibility index (Phi) is 4.01. The molecule has 0 aliphatic heterocycles. The zero-order chi connectivity index (χ0) is 14.9. The fourth-order valence-corrected chi connectivity index (χ4v) is 3.50. The van der Waals surface area contributed by atoms with E-state index in [1.807, 2.05) is 26.0 Å². The van der Waals surface area contributed by atoms with Crippen molar-refractivity contribution in [3.8, 4) is 0 Å². The molecular formula is C14H15ClN2O2S. The first kappa shape index (κ1) is 14.8. The minimum Gasteiger partial charge on any atom is -0.269 e. The van der Waals surface area contributed by atoms with E-state index in [-0.39, 0.29) is 10.0 Å². The summed E-state index contributed by atoms with van der Waals surface area (Å²) in [4.78, 5) is 3.92. The van der Waals surface area contributed by atoms with Crippen LogP contribution in [0.5, 0.6) is 0 Å². The second kappa shape index (κ2) is 5.42. The van der Waals surface area contributed by atoms with Crippen LogP contribution in [0.15, 0.2) is 41.4 Å². The fourth-order valence-electron chi connectivity index (χ4n) is 1.99. The second-order valence-corrected chi connectivity index (χ2v) is 6.93. The minimum atomic E-state index is -3.64. The summed E-state index contributed by atoms with van der Waals surface area (Å²) in [6.07, 6.45) is 1.38. The molecule has 6 heteroatoms. The molecule has 2 rings (SSSR count). The zero-order valence-corrected chi connectivity index (χ0v) is 13.0. The van der Waals surface area contributed by atoms with Crippen LogP contribution in [0.2, 0.25) is 5.15 Å². The van der Waals surface area contributed by atoms with E-state index in [0.29, 0.717) is 5.69 Å². The maximum atomic E-state index is 12.6. The highest BCUT2D eigenvalue weighted by Gasteiger charge is 2.22. The van der Waals surface area contributed by atoms with E-state index in [2.05, 4.69) is 4.98 Å². The van der Waals surface area contributed by atoms with E-state index in [4.69, 9.17) is 11.6 Å². The van der Waals surface area contributed by atoms with E-state index < -0.39 is 10.0 Å². The van der Waals surface area contributed by atoms with Crippen LogP contribution in [0.1, 0.15) is 11.1 Å². The lowest BCUT2D eigenvalue weighted by molar-refractivity contribution is 0.594. The predicted molar refractivity (Wildman–Crippen MR) is 80.8 cm³/mol. The number of nitrogens with zero attached hydrogens (tertiary/aromatic N) is 2. The third kappa shape index (κ3) is 2.78. The first-order chi connectivity index (χ1) is 9.32. The maximum Gasteiger partial charge on any atom is 0.264 e. The number of aryl methyl sites for hydroxylation is 2. The lowest BCUT2D eigenvalue weighted by Gasteiger charge is -2.21. The summed E-state index contributed by atoms with van der Waals surface area (Å²) in [6.45, 7) is 3.85. The van der Waals surface area contributed by atoms with E-state index in [1.165, 1.54) is 29.7 Å². The summed E-state index contributed by atoms with van der Waals surface area (Å²) < 4.78 is 26.4. The van der Waals surface area contributed by atoms with Gasteiger partial charge in [-0.15, -0.1) is 0 Å². The van der Waals surface area contributed by atoms with Gasteiger partial charge in [-0.2, -0.15) is 0 Å². The Morgan fingerprint density at radius 1 is 1.15 bits per heavy atom. The van der Waals surface area contributed by atoms with Crippen LogP contribution in [0.4, 0.5) is 5.69 Å². The average molecular weight is 311 g/mol. The summed E-state index contributed by atoms with van der Waals surface area (Å²) in [5.74, 6) is 0. The predicted octanol–water partition coefficient (Wildman–Crippen LogP) is 3.18. The van der Waals surface area contributed by atoms with E-state index in [0.717, 1.165) is 11.1 Å². The molecule has 0 bridgehead atoms. The number of rotatable bonds is 3. The average Bonchev–Trinajstić information content (AvgIpc) is 2.38. The van der Waals surface area contributed by atoms with Gasteiger partial charge in [-0.25, -0.2) is 13.4 Å². The summed E-state index contributed by atoms with van der Waals surface area (Å²) in [5, 5.41) is 0.153. The topological polar surface area (TPSA) is 50.3 Å². The molecule has 0 saturated heterocycles. The Labute approximate surface area is 124 Å².